The van der Waals surface area contributed by atoms with E-state index < -0.39 is 4.92 Å². The number of rotatable bonds is 4. The second-order valence-electron chi connectivity index (χ2n) is 5.26. The van der Waals surface area contributed by atoms with Crippen LogP contribution < -0.4 is 5.32 Å². The molecule has 120 valence electrons. The molecule has 2 amide bonds. The molecular formula is C16H18N4O3. The van der Waals surface area contributed by atoms with E-state index in [1.54, 1.807) is 37.3 Å². The van der Waals surface area contributed by atoms with Gasteiger partial charge in [-0.05, 0) is 37.6 Å². The Morgan fingerprint density at radius 2 is 2.13 bits per heavy atom. The first-order valence-electron chi connectivity index (χ1n) is 7.09. The number of nitro benzene ring substituents is 1. The van der Waals surface area contributed by atoms with E-state index in [1.165, 1.54) is 12.1 Å². The number of urea groups is 1. The quantitative estimate of drug-likeness (QED) is 0.690. The average Bonchev–Trinajstić information content (AvgIpc) is 2.54. The number of aromatic nitrogens is 1. The smallest absolute Gasteiger partial charge is 0.321 e. The molecule has 1 N–H and O–H groups in total. The molecule has 0 bridgehead atoms. The molecule has 1 aromatic carbocycles. The number of hydrogen-bond donors (Lipinski definition) is 1. The number of nitrogens with zero attached hydrogens (tertiary/aromatic N) is 3. The van der Waals surface area contributed by atoms with Crippen LogP contribution in [0, 0.1) is 17.0 Å². The summed E-state index contributed by atoms with van der Waals surface area (Å²) in [6.07, 6.45) is 3.39. The number of amides is 2. The topological polar surface area (TPSA) is 88.4 Å². The zero-order valence-electron chi connectivity index (χ0n) is 13.2. The largest absolute Gasteiger partial charge is 0.322 e. The third kappa shape index (κ3) is 3.82. The summed E-state index contributed by atoms with van der Waals surface area (Å²) in [6.45, 7) is 3.54. The summed E-state index contributed by atoms with van der Waals surface area (Å²) in [5.41, 5.74) is 1.96. The zero-order chi connectivity index (χ0) is 17.0. The molecule has 1 atom stereocenters. The number of carbonyl (C=O) groups is 1. The number of aryl methyl sites for hydroxylation is 1. The molecular weight excluding hydrogens is 296 g/mol. The number of carbonyl (C=O) groups excluding carboxylic acids is 1. The third-order valence-electron chi connectivity index (χ3n) is 3.71. The van der Waals surface area contributed by atoms with E-state index >= 15 is 0 Å². The van der Waals surface area contributed by atoms with E-state index in [1.807, 2.05) is 19.1 Å². The van der Waals surface area contributed by atoms with Crippen LogP contribution in [0.5, 0.6) is 0 Å². The first kappa shape index (κ1) is 16.4. The molecule has 0 radical (unpaired) electrons. The highest BCUT2D eigenvalue weighted by Crippen LogP contribution is 2.23. The maximum Gasteiger partial charge on any atom is 0.322 e. The zero-order valence-corrected chi connectivity index (χ0v) is 13.2. The van der Waals surface area contributed by atoms with Crippen LogP contribution in [0.25, 0.3) is 0 Å². The molecule has 0 spiro atoms. The van der Waals surface area contributed by atoms with Gasteiger partial charge in [0, 0.05) is 36.8 Å². The molecule has 0 aliphatic heterocycles. The van der Waals surface area contributed by atoms with Gasteiger partial charge in [0.25, 0.3) is 5.69 Å². The summed E-state index contributed by atoms with van der Waals surface area (Å²) in [4.78, 5) is 28.3. The van der Waals surface area contributed by atoms with Gasteiger partial charge < -0.3 is 10.2 Å². The number of nitro groups is 1. The normalized spacial score (nSPS) is 11.6. The lowest BCUT2D eigenvalue weighted by atomic mass is 10.1. The van der Waals surface area contributed by atoms with Gasteiger partial charge in [-0.3, -0.25) is 15.1 Å². The average molecular weight is 314 g/mol. The summed E-state index contributed by atoms with van der Waals surface area (Å²) in [7, 11) is 1.69. The molecule has 0 saturated carbocycles. The summed E-state index contributed by atoms with van der Waals surface area (Å²) >= 11 is 0. The highest BCUT2D eigenvalue weighted by atomic mass is 16.6. The first-order valence-corrected chi connectivity index (χ1v) is 7.09. The number of pyridine rings is 1. The molecule has 0 aliphatic carbocycles. The Balaban J connectivity index is 2.09. The van der Waals surface area contributed by atoms with E-state index in [2.05, 4.69) is 10.3 Å². The van der Waals surface area contributed by atoms with Gasteiger partial charge in [0.15, 0.2) is 0 Å². The minimum absolute atomic E-state index is 0.0279. The van der Waals surface area contributed by atoms with Gasteiger partial charge in [-0.25, -0.2) is 4.79 Å². The van der Waals surface area contributed by atoms with Crippen LogP contribution in [-0.4, -0.2) is 27.9 Å². The van der Waals surface area contributed by atoms with Crippen LogP contribution >= 0.6 is 0 Å². The van der Waals surface area contributed by atoms with Crippen LogP contribution in [-0.2, 0) is 0 Å². The molecule has 7 heteroatoms. The van der Waals surface area contributed by atoms with Gasteiger partial charge in [-0.1, -0.05) is 6.07 Å². The molecule has 0 saturated heterocycles. The third-order valence-corrected chi connectivity index (χ3v) is 3.71. The molecule has 0 unspecified atom stereocenters. The van der Waals surface area contributed by atoms with Crippen molar-refractivity contribution in [3.8, 4) is 0 Å². The maximum atomic E-state index is 12.3. The Morgan fingerprint density at radius 3 is 2.70 bits per heavy atom. The van der Waals surface area contributed by atoms with Crippen molar-refractivity contribution >= 4 is 17.4 Å². The summed E-state index contributed by atoms with van der Waals surface area (Å²) in [5.74, 6) is 0. The molecule has 2 rings (SSSR count). The van der Waals surface area contributed by atoms with Gasteiger partial charge in [0.1, 0.15) is 0 Å². The van der Waals surface area contributed by atoms with Gasteiger partial charge in [-0.15, -0.1) is 0 Å². The van der Waals surface area contributed by atoms with E-state index in [9.17, 15) is 14.9 Å². The summed E-state index contributed by atoms with van der Waals surface area (Å²) < 4.78 is 0. The van der Waals surface area contributed by atoms with Gasteiger partial charge in [-0.2, -0.15) is 0 Å². The monoisotopic (exact) mass is 314 g/mol. The molecule has 2 aromatic rings. The van der Waals surface area contributed by atoms with Gasteiger partial charge in [0.05, 0.1) is 11.0 Å². The van der Waals surface area contributed by atoms with Crippen molar-refractivity contribution in [2.45, 2.75) is 19.9 Å². The van der Waals surface area contributed by atoms with Crippen molar-refractivity contribution in [3.05, 3.63) is 64.0 Å². The lowest BCUT2D eigenvalue weighted by molar-refractivity contribution is -0.385. The van der Waals surface area contributed by atoms with Crippen molar-refractivity contribution in [1.29, 1.82) is 0 Å². The van der Waals surface area contributed by atoms with E-state index in [-0.39, 0.29) is 17.8 Å². The van der Waals surface area contributed by atoms with Crippen molar-refractivity contribution in [3.63, 3.8) is 0 Å². The molecule has 1 heterocycles. The Labute approximate surface area is 134 Å². The second-order valence-corrected chi connectivity index (χ2v) is 5.26. The fourth-order valence-electron chi connectivity index (χ4n) is 2.17. The predicted molar refractivity (Wildman–Crippen MR) is 87.3 cm³/mol. The lowest BCUT2D eigenvalue weighted by Gasteiger charge is -2.25. The lowest BCUT2D eigenvalue weighted by Crippen LogP contribution is -2.33. The van der Waals surface area contributed by atoms with E-state index in [4.69, 9.17) is 0 Å². The number of benzene rings is 1. The Hall–Kier alpha value is -2.96. The molecule has 0 fully saturated rings. The SMILES string of the molecule is Cc1cc(NC(=O)N(C)[C@@H](C)c2cccnc2)ccc1[N+](=O)[O-]. The van der Waals surface area contributed by atoms with Gasteiger partial charge in [0.2, 0.25) is 0 Å². The van der Waals surface area contributed by atoms with Crippen LogP contribution in [0.2, 0.25) is 0 Å². The van der Waals surface area contributed by atoms with Crippen molar-refractivity contribution in [2.24, 2.45) is 0 Å². The highest BCUT2D eigenvalue weighted by molar-refractivity contribution is 5.89. The molecule has 23 heavy (non-hydrogen) atoms. The standard InChI is InChI=1S/C16H18N4O3/c1-11-9-14(6-7-15(11)20(22)23)18-16(21)19(3)12(2)13-5-4-8-17-10-13/h4-10,12H,1-3H3,(H,18,21)/t12-/m0/s1. The number of hydrogen-bond acceptors (Lipinski definition) is 4. The van der Waals surface area contributed by atoms with Crippen molar-refractivity contribution in [1.82, 2.24) is 9.88 Å². The van der Waals surface area contributed by atoms with Crippen molar-refractivity contribution in [2.75, 3.05) is 12.4 Å². The fourth-order valence-corrected chi connectivity index (χ4v) is 2.17. The van der Waals surface area contributed by atoms with Crippen LogP contribution in [0.3, 0.4) is 0 Å². The highest BCUT2D eigenvalue weighted by Gasteiger charge is 2.18. The predicted octanol–water partition coefficient (Wildman–Crippen LogP) is 3.52. The first-order chi connectivity index (χ1) is 10.9. The minimum Gasteiger partial charge on any atom is -0.321 e. The Kier molecular flexibility index (Phi) is 4.90. The van der Waals surface area contributed by atoms with Crippen LogP contribution in [0.15, 0.2) is 42.7 Å². The number of anilines is 1. The Bertz CT molecular complexity index is 719. The fraction of sp³-hybridized carbons (Fsp3) is 0.250. The maximum absolute atomic E-state index is 12.3. The van der Waals surface area contributed by atoms with Crippen LogP contribution in [0.1, 0.15) is 24.1 Å². The van der Waals surface area contributed by atoms with Crippen molar-refractivity contribution < 1.29 is 9.72 Å². The second kappa shape index (κ2) is 6.87. The molecule has 0 aliphatic rings. The number of nitrogens with one attached hydrogen (secondary N) is 1. The summed E-state index contributed by atoms with van der Waals surface area (Å²) in [6, 6.07) is 7.76. The minimum atomic E-state index is -0.447. The van der Waals surface area contributed by atoms with Crippen LogP contribution in [0.4, 0.5) is 16.2 Å². The molecule has 7 nitrogen and oxygen atoms in total. The Morgan fingerprint density at radius 1 is 1.39 bits per heavy atom. The van der Waals surface area contributed by atoms with E-state index in [0.717, 1.165) is 5.56 Å². The summed E-state index contributed by atoms with van der Waals surface area (Å²) in [5, 5.41) is 13.6. The molecule has 1 aromatic heterocycles. The van der Waals surface area contributed by atoms with E-state index in [0.29, 0.717) is 11.3 Å². The van der Waals surface area contributed by atoms with Gasteiger partial charge >= 0.3 is 6.03 Å².